The number of aryl methyl sites for hydroxylation is 1. The van der Waals surface area contributed by atoms with Gasteiger partial charge in [-0.15, -0.1) is 11.3 Å². The van der Waals surface area contributed by atoms with Gasteiger partial charge in [0, 0.05) is 18.0 Å². The van der Waals surface area contributed by atoms with Crippen molar-refractivity contribution in [3.05, 3.63) is 15.8 Å². The van der Waals surface area contributed by atoms with Crippen LogP contribution >= 0.6 is 23.1 Å². The summed E-state index contributed by atoms with van der Waals surface area (Å²) in [6.07, 6.45) is 5.20. The lowest BCUT2D eigenvalue weighted by Crippen LogP contribution is -2.26. The monoisotopic (exact) mass is 350 g/mol. The first kappa shape index (κ1) is 19.0. The molecule has 0 unspecified atom stereocenters. The molecule has 1 rings (SSSR count). The van der Waals surface area contributed by atoms with Crippen LogP contribution in [-0.4, -0.2) is 33.5 Å². The lowest BCUT2D eigenvalue weighted by Gasteiger charge is -2.09. The number of nitrogens with one attached hydrogen (secondary N) is 2. The van der Waals surface area contributed by atoms with E-state index in [0.29, 0.717) is 18.0 Å². The summed E-state index contributed by atoms with van der Waals surface area (Å²) in [4.78, 5) is 1.36. The molecule has 0 aliphatic rings. The second kappa shape index (κ2) is 9.84. The van der Waals surface area contributed by atoms with Crippen molar-refractivity contribution >= 4 is 33.1 Å². The van der Waals surface area contributed by atoms with Gasteiger partial charge in [-0.1, -0.05) is 13.3 Å². The smallest absolute Gasteiger partial charge is 0.241 e. The fourth-order valence-electron chi connectivity index (χ4n) is 2.04. The molecule has 0 spiro atoms. The molecule has 0 aliphatic carbocycles. The predicted molar refractivity (Wildman–Crippen MR) is 93.9 cm³/mol. The lowest BCUT2D eigenvalue weighted by molar-refractivity contribution is 0.574. The van der Waals surface area contributed by atoms with Gasteiger partial charge in [0.05, 0.1) is 0 Å². The molecule has 21 heavy (non-hydrogen) atoms. The van der Waals surface area contributed by atoms with Crippen molar-refractivity contribution < 1.29 is 8.42 Å². The van der Waals surface area contributed by atoms with E-state index >= 15 is 0 Å². The Morgan fingerprint density at radius 2 is 2.05 bits per heavy atom. The predicted octanol–water partition coefficient (Wildman–Crippen LogP) is 2.98. The number of hydrogen-bond acceptors (Lipinski definition) is 5. The zero-order chi connectivity index (χ0) is 15.7. The summed E-state index contributed by atoms with van der Waals surface area (Å²) < 4.78 is 27.6. The Labute approximate surface area is 137 Å². The Morgan fingerprint density at radius 1 is 1.29 bits per heavy atom. The lowest BCUT2D eigenvalue weighted by atomic mass is 10.2. The van der Waals surface area contributed by atoms with Crippen LogP contribution in [0.15, 0.2) is 10.3 Å². The highest BCUT2D eigenvalue weighted by atomic mass is 32.2. The molecule has 1 heterocycles. The van der Waals surface area contributed by atoms with Gasteiger partial charge >= 0.3 is 0 Å². The third-order valence-corrected chi connectivity index (χ3v) is 6.73. The summed E-state index contributed by atoms with van der Waals surface area (Å²) >= 11 is 3.34. The number of rotatable bonds is 11. The SMILES string of the molecule is CCNCc1scc(C)c1S(=O)(=O)NCCCCCSC. The fourth-order valence-corrected chi connectivity index (χ4v) is 5.38. The average molecular weight is 351 g/mol. The zero-order valence-corrected chi connectivity index (χ0v) is 15.5. The van der Waals surface area contributed by atoms with Gasteiger partial charge in [0.1, 0.15) is 4.90 Å². The van der Waals surface area contributed by atoms with Gasteiger partial charge in [-0.25, -0.2) is 13.1 Å². The molecule has 7 heteroatoms. The fraction of sp³-hybridized carbons (Fsp3) is 0.714. The maximum atomic E-state index is 12.5. The number of sulfonamides is 1. The van der Waals surface area contributed by atoms with E-state index in [9.17, 15) is 8.42 Å². The summed E-state index contributed by atoms with van der Waals surface area (Å²) in [5, 5.41) is 5.11. The van der Waals surface area contributed by atoms with Gasteiger partial charge in [-0.3, -0.25) is 0 Å². The molecule has 0 fully saturated rings. The standard InChI is InChI=1S/C14H26N2O2S3/c1-4-15-10-13-14(12(2)11-20-13)21(17,18)16-8-6-5-7-9-19-3/h11,15-16H,4-10H2,1-3H3. The van der Waals surface area contributed by atoms with Gasteiger partial charge in [-0.05, 0) is 49.3 Å². The molecule has 0 saturated carbocycles. The third kappa shape index (κ3) is 6.28. The van der Waals surface area contributed by atoms with Crippen molar-refractivity contribution in [3.8, 4) is 0 Å². The van der Waals surface area contributed by atoms with Crippen LogP contribution in [0.5, 0.6) is 0 Å². The summed E-state index contributed by atoms with van der Waals surface area (Å²) in [6, 6.07) is 0. The zero-order valence-electron chi connectivity index (χ0n) is 13.1. The van der Waals surface area contributed by atoms with Crippen LogP contribution in [0.2, 0.25) is 0 Å². The molecule has 0 saturated heterocycles. The van der Waals surface area contributed by atoms with Gasteiger partial charge < -0.3 is 5.32 Å². The molecule has 0 bridgehead atoms. The Bertz CT molecular complexity index is 512. The van der Waals surface area contributed by atoms with E-state index in [1.54, 1.807) is 0 Å². The van der Waals surface area contributed by atoms with Gasteiger partial charge in [0.15, 0.2) is 0 Å². The highest BCUT2D eigenvalue weighted by Gasteiger charge is 2.22. The Morgan fingerprint density at radius 3 is 2.71 bits per heavy atom. The van der Waals surface area contributed by atoms with Crippen molar-refractivity contribution in [1.82, 2.24) is 10.0 Å². The summed E-state index contributed by atoms with van der Waals surface area (Å²) in [5.41, 5.74) is 0.836. The van der Waals surface area contributed by atoms with Crippen LogP contribution in [0.4, 0.5) is 0 Å². The highest BCUT2D eigenvalue weighted by Crippen LogP contribution is 2.26. The molecule has 0 atom stereocenters. The molecule has 4 nitrogen and oxygen atoms in total. The van der Waals surface area contributed by atoms with Crippen molar-refractivity contribution in [2.75, 3.05) is 25.1 Å². The third-order valence-electron chi connectivity index (χ3n) is 3.11. The minimum atomic E-state index is -3.39. The van der Waals surface area contributed by atoms with Crippen LogP contribution in [0.1, 0.15) is 36.6 Å². The Hall–Kier alpha value is -0.0800. The minimum absolute atomic E-state index is 0.470. The molecule has 2 N–H and O–H groups in total. The van der Waals surface area contributed by atoms with E-state index in [-0.39, 0.29) is 0 Å². The topological polar surface area (TPSA) is 58.2 Å². The van der Waals surface area contributed by atoms with E-state index in [1.807, 2.05) is 31.0 Å². The van der Waals surface area contributed by atoms with E-state index in [2.05, 4.69) is 16.3 Å². The van der Waals surface area contributed by atoms with Gasteiger partial charge in [0.25, 0.3) is 0 Å². The highest BCUT2D eigenvalue weighted by molar-refractivity contribution is 7.98. The first-order chi connectivity index (χ1) is 10.0. The van der Waals surface area contributed by atoms with E-state index < -0.39 is 10.0 Å². The molecular weight excluding hydrogens is 324 g/mol. The molecule has 1 aromatic heterocycles. The molecule has 0 amide bonds. The molecule has 0 radical (unpaired) electrons. The Kier molecular flexibility index (Phi) is 8.89. The quantitative estimate of drug-likeness (QED) is 0.602. The number of unbranched alkanes of at least 4 members (excludes halogenated alkanes) is 2. The molecule has 122 valence electrons. The van der Waals surface area contributed by atoms with E-state index in [4.69, 9.17) is 0 Å². The second-order valence-electron chi connectivity index (χ2n) is 4.90. The van der Waals surface area contributed by atoms with E-state index in [0.717, 1.165) is 42.0 Å². The first-order valence-electron chi connectivity index (χ1n) is 7.29. The van der Waals surface area contributed by atoms with Crippen molar-refractivity contribution in [1.29, 1.82) is 0 Å². The molecule has 1 aromatic rings. The number of thiophene rings is 1. The first-order valence-corrected chi connectivity index (χ1v) is 11.0. The van der Waals surface area contributed by atoms with Crippen LogP contribution in [-0.2, 0) is 16.6 Å². The average Bonchev–Trinajstić information content (AvgIpc) is 2.82. The van der Waals surface area contributed by atoms with Gasteiger partial charge in [-0.2, -0.15) is 11.8 Å². The van der Waals surface area contributed by atoms with Crippen LogP contribution in [0.3, 0.4) is 0 Å². The Balaban J connectivity index is 2.59. The van der Waals surface area contributed by atoms with Crippen LogP contribution in [0, 0.1) is 6.92 Å². The van der Waals surface area contributed by atoms with Crippen LogP contribution in [0.25, 0.3) is 0 Å². The van der Waals surface area contributed by atoms with Gasteiger partial charge in [0.2, 0.25) is 10.0 Å². The maximum absolute atomic E-state index is 12.5. The second-order valence-corrected chi connectivity index (χ2v) is 8.56. The minimum Gasteiger partial charge on any atom is -0.312 e. The number of thioether (sulfide) groups is 1. The number of hydrogen-bond donors (Lipinski definition) is 2. The van der Waals surface area contributed by atoms with Crippen molar-refractivity contribution in [3.63, 3.8) is 0 Å². The molecular formula is C14H26N2O2S3. The van der Waals surface area contributed by atoms with Crippen LogP contribution < -0.4 is 10.0 Å². The van der Waals surface area contributed by atoms with E-state index in [1.165, 1.54) is 11.3 Å². The summed E-state index contributed by atoms with van der Waals surface area (Å²) in [7, 11) is -3.39. The normalized spacial score (nSPS) is 12.0. The summed E-state index contributed by atoms with van der Waals surface area (Å²) in [6.45, 7) is 5.84. The largest absolute Gasteiger partial charge is 0.312 e. The molecule has 0 aliphatic heterocycles. The molecule has 0 aromatic carbocycles. The van der Waals surface area contributed by atoms with Crippen molar-refractivity contribution in [2.45, 2.75) is 44.6 Å². The maximum Gasteiger partial charge on any atom is 0.241 e. The summed E-state index contributed by atoms with van der Waals surface area (Å²) in [5.74, 6) is 1.14. The van der Waals surface area contributed by atoms with Crippen molar-refractivity contribution in [2.24, 2.45) is 0 Å².